The number of hydrogen-bond acceptors (Lipinski definition) is 7. The minimum atomic E-state index is -0.220. The molecule has 1 saturated heterocycles. The first-order chi connectivity index (χ1) is 9.79. The molecule has 1 aromatic rings. The Morgan fingerprint density at radius 2 is 2.15 bits per heavy atom. The van der Waals surface area contributed by atoms with Gasteiger partial charge >= 0.3 is 0 Å². The van der Waals surface area contributed by atoms with Gasteiger partial charge in [-0.15, -0.1) is 0 Å². The molecule has 0 saturated carbocycles. The maximum absolute atomic E-state index is 6.12. The Morgan fingerprint density at radius 1 is 1.35 bits per heavy atom. The highest BCUT2D eigenvalue weighted by molar-refractivity contribution is 4.94. The fourth-order valence-corrected chi connectivity index (χ4v) is 2.07. The van der Waals surface area contributed by atoms with Crippen LogP contribution in [0.5, 0.6) is 0 Å². The molecule has 0 amide bonds. The monoisotopic (exact) mass is 284 g/mol. The summed E-state index contributed by atoms with van der Waals surface area (Å²) in [6.45, 7) is 7.51. The standard InChI is InChI=1S/C13H24N4O3/c1-2-6-18-7-3-12-15-13(16-20-12)11(14)10-17-4-8-19-9-5-17/h11H,2-10,14H2,1H3. The zero-order valence-corrected chi connectivity index (χ0v) is 12.1. The second kappa shape index (κ2) is 8.31. The summed E-state index contributed by atoms with van der Waals surface area (Å²) in [5.41, 5.74) is 6.12. The van der Waals surface area contributed by atoms with Crippen molar-refractivity contribution in [3.63, 3.8) is 0 Å². The van der Waals surface area contributed by atoms with E-state index in [1.54, 1.807) is 0 Å². The van der Waals surface area contributed by atoms with Crippen LogP contribution in [0.3, 0.4) is 0 Å². The van der Waals surface area contributed by atoms with E-state index in [0.29, 0.717) is 24.7 Å². The third kappa shape index (κ3) is 4.82. The summed E-state index contributed by atoms with van der Waals surface area (Å²) in [5, 5.41) is 3.96. The van der Waals surface area contributed by atoms with Crippen molar-refractivity contribution in [3.8, 4) is 0 Å². The van der Waals surface area contributed by atoms with Crippen molar-refractivity contribution in [1.29, 1.82) is 0 Å². The molecule has 1 aromatic heterocycles. The van der Waals surface area contributed by atoms with Crippen LogP contribution in [0.25, 0.3) is 0 Å². The van der Waals surface area contributed by atoms with Crippen molar-refractivity contribution in [1.82, 2.24) is 15.0 Å². The molecule has 1 unspecified atom stereocenters. The van der Waals surface area contributed by atoms with Gasteiger partial charge in [-0.2, -0.15) is 4.98 Å². The van der Waals surface area contributed by atoms with Gasteiger partial charge in [-0.1, -0.05) is 12.1 Å². The fraction of sp³-hybridized carbons (Fsp3) is 0.846. The Morgan fingerprint density at radius 3 is 2.90 bits per heavy atom. The van der Waals surface area contributed by atoms with Crippen molar-refractivity contribution in [2.24, 2.45) is 5.73 Å². The number of nitrogens with two attached hydrogens (primary N) is 1. The Hall–Kier alpha value is -1.02. The molecule has 2 N–H and O–H groups in total. The van der Waals surface area contributed by atoms with Crippen molar-refractivity contribution in [2.75, 3.05) is 46.1 Å². The molecule has 1 atom stereocenters. The summed E-state index contributed by atoms with van der Waals surface area (Å²) in [6.07, 6.45) is 1.65. The molecule has 20 heavy (non-hydrogen) atoms. The van der Waals surface area contributed by atoms with Crippen LogP contribution in [-0.2, 0) is 15.9 Å². The van der Waals surface area contributed by atoms with E-state index in [9.17, 15) is 0 Å². The summed E-state index contributed by atoms with van der Waals surface area (Å²) >= 11 is 0. The van der Waals surface area contributed by atoms with Gasteiger partial charge in [0.25, 0.3) is 0 Å². The van der Waals surface area contributed by atoms with Crippen LogP contribution in [0.4, 0.5) is 0 Å². The average molecular weight is 284 g/mol. The summed E-state index contributed by atoms with van der Waals surface area (Å²) in [7, 11) is 0. The molecule has 1 aliphatic heterocycles. The summed E-state index contributed by atoms with van der Waals surface area (Å²) < 4.78 is 15.9. The Kier molecular flexibility index (Phi) is 6.38. The number of morpholine rings is 1. The summed E-state index contributed by atoms with van der Waals surface area (Å²) in [4.78, 5) is 6.59. The Labute approximate surface area is 119 Å². The zero-order chi connectivity index (χ0) is 14.2. The number of aromatic nitrogens is 2. The normalized spacial score (nSPS) is 18.3. The van der Waals surface area contributed by atoms with Crippen molar-refractivity contribution in [2.45, 2.75) is 25.8 Å². The fourth-order valence-electron chi connectivity index (χ4n) is 2.07. The molecule has 2 rings (SSSR count). The molecule has 0 bridgehead atoms. The van der Waals surface area contributed by atoms with E-state index in [0.717, 1.165) is 45.9 Å². The molecule has 1 aliphatic rings. The lowest BCUT2D eigenvalue weighted by molar-refractivity contribution is 0.0348. The lowest BCUT2D eigenvalue weighted by Gasteiger charge is -2.27. The Balaban J connectivity index is 1.75. The van der Waals surface area contributed by atoms with Crippen LogP contribution in [0.1, 0.15) is 31.1 Å². The maximum atomic E-state index is 6.12. The highest BCUT2D eigenvalue weighted by atomic mass is 16.5. The molecule has 0 radical (unpaired) electrons. The maximum Gasteiger partial charge on any atom is 0.229 e. The quantitative estimate of drug-likeness (QED) is 0.690. The highest BCUT2D eigenvalue weighted by Crippen LogP contribution is 2.10. The number of ether oxygens (including phenoxy) is 2. The molecule has 0 aromatic carbocycles. The minimum Gasteiger partial charge on any atom is -0.381 e. The number of nitrogens with zero attached hydrogens (tertiary/aromatic N) is 3. The van der Waals surface area contributed by atoms with Gasteiger partial charge < -0.3 is 19.7 Å². The Bertz CT molecular complexity index is 379. The van der Waals surface area contributed by atoms with E-state index in [4.69, 9.17) is 19.7 Å². The van der Waals surface area contributed by atoms with E-state index in [1.807, 2.05) is 0 Å². The zero-order valence-electron chi connectivity index (χ0n) is 12.1. The molecule has 7 heteroatoms. The van der Waals surface area contributed by atoms with Gasteiger partial charge in [-0.3, -0.25) is 4.90 Å². The number of hydrogen-bond donors (Lipinski definition) is 1. The summed E-state index contributed by atoms with van der Waals surface area (Å²) in [6, 6.07) is -0.220. The molecular weight excluding hydrogens is 260 g/mol. The van der Waals surface area contributed by atoms with Crippen molar-refractivity contribution in [3.05, 3.63) is 11.7 Å². The lowest BCUT2D eigenvalue weighted by Crippen LogP contribution is -2.40. The predicted octanol–water partition coefficient (Wildman–Crippen LogP) is 0.371. The highest BCUT2D eigenvalue weighted by Gasteiger charge is 2.19. The second-order valence-corrected chi connectivity index (χ2v) is 4.93. The first-order valence-corrected chi connectivity index (χ1v) is 7.25. The lowest BCUT2D eigenvalue weighted by atomic mass is 10.2. The predicted molar refractivity (Wildman–Crippen MR) is 73.3 cm³/mol. The van der Waals surface area contributed by atoms with E-state index < -0.39 is 0 Å². The third-order valence-electron chi connectivity index (χ3n) is 3.18. The third-order valence-corrected chi connectivity index (χ3v) is 3.18. The largest absolute Gasteiger partial charge is 0.381 e. The van der Waals surface area contributed by atoms with Gasteiger partial charge in [0.15, 0.2) is 5.82 Å². The topological polar surface area (TPSA) is 86.6 Å². The van der Waals surface area contributed by atoms with Crippen LogP contribution < -0.4 is 5.73 Å². The average Bonchev–Trinajstić information content (AvgIpc) is 2.94. The molecule has 1 fully saturated rings. The van der Waals surface area contributed by atoms with Crippen molar-refractivity contribution >= 4 is 0 Å². The van der Waals surface area contributed by atoms with Gasteiger partial charge in [0.2, 0.25) is 5.89 Å². The summed E-state index contributed by atoms with van der Waals surface area (Å²) in [5.74, 6) is 1.16. The second-order valence-electron chi connectivity index (χ2n) is 4.93. The number of rotatable bonds is 8. The van der Waals surface area contributed by atoms with E-state index in [-0.39, 0.29) is 6.04 Å². The SMILES string of the molecule is CCCOCCc1nc(C(N)CN2CCOCC2)no1. The molecule has 2 heterocycles. The molecule has 7 nitrogen and oxygen atoms in total. The van der Waals surface area contributed by atoms with E-state index >= 15 is 0 Å². The molecule has 0 aliphatic carbocycles. The van der Waals surface area contributed by atoms with E-state index in [1.165, 1.54) is 0 Å². The molecular formula is C13H24N4O3. The van der Waals surface area contributed by atoms with Crippen LogP contribution in [0.2, 0.25) is 0 Å². The first kappa shape index (κ1) is 15.4. The first-order valence-electron chi connectivity index (χ1n) is 7.25. The van der Waals surface area contributed by atoms with Gasteiger partial charge in [-0.25, -0.2) is 0 Å². The van der Waals surface area contributed by atoms with Gasteiger partial charge in [0.05, 0.1) is 32.3 Å². The van der Waals surface area contributed by atoms with Crippen LogP contribution in [0, 0.1) is 0 Å². The minimum absolute atomic E-state index is 0.220. The van der Waals surface area contributed by atoms with E-state index in [2.05, 4.69) is 22.0 Å². The van der Waals surface area contributed by atoms with Gasteiger partial charge in [-0.05, 0) is 6.42 Å². The van der Waals surface area contributed by atoms with Gasteiger partial charge in [0.1, 0.15) is 0 Å². The van der Waals surface area contributed by atoms with Crippen LogP contribution in [0.15, 0.2) is 4.52 Å². The van der Waals surface area contributed by atoms with Crippen LogP contribution >= 0.6 is 0 Å². The van der Waals surface area contributed by atoms with Crippen LogP contribution in [-0.4, -0.2) is 61.1 Å². The smallest absolute Gasteiger partial charge is 0.229 e. The van der Waals surface area contributed by atoms with Crippen molar-refractivity contribution < 1.29 is 14.0 Å². The van der Waals surface area contributed by atoms with Gasteiger partial charge in [0, 0.05) is 26.2 Å². The molecule has 114 valence electrons. The molecule has 0 spiro atoms.